The van der Waals surface area contributed by atoms with Crippen LogP contribution < -0.4 is 4.90 Å². The number of benzene rings is 1. The zero-order chi connectivity index (χ0) is 9.84. The molecule has 0 atom stereocenters. The van der Waals surface area contributed by atoms with Crippen molar-refractivity contribution in [2.75, 3.05) is 19.0 Å². The van der Waals surface area contributed by atoms with Crippen LogP contribution in [0.1, 0.15) is 18.1 Å². The van der Waals surface area contributed by atoms with Gasteiger partial charge >= 0.3 is 0 Å². The van der Waals surface area contributed by atoms with E-state index in [1.54, 1.807) is 0 Å². The highest BCUT2D eigenvalue weighted by Gasteiger charge is 1.97. The maximum atomic E-state index is 2.20. The number of rotatable bonds is 2. The largest absolute Gasteiger partial charge is 0.378 e. The Balaban J connectivity index is 3.05. The Morgan fingerprint density at radius 3 is 2.38 bits per heavy atom. The molecule has 0 aliphatic heterocycles. The molecular formula is C12H17N. The van der Waals surface area contributed by atoms with Gasteiger partial charge in [0.15, 0.2) is 0 Å². The third-order valence-corrected chi connectivity index (χ3v) is 2.12. The van der Waals surface area contributed by atoms with Crippen LogP contribution in [-0.4, -0.2) is 14.1 Å². The molecule has 0 unspecified atom stereocenters. The van der Waals surface area contributed by atoms with Crippen molar-refractivity contribution in [3.05, 3.63) is 35.4 Å². The zero-order valence-electron chi connectivity index (χ0n) is 8.83. The molecule has 13 heavy (non-hydrogen) atoms. The summed E-state index contributed by atoms with van der Waals surface area (Å²) in [6, 6.07) is 6.50. The minimum Gasteiger partial charge on any atom is -0.378 e. The molecule has 0 radical (unpaired) electrons. The molecule has 0 fully saturated rings. The molecule has 0 spiro atoms. The van der Waals surface area contributed by atoms with E-state index in [1.165, 1.54) is 16.8 Å². The SMILES string of the molecule is C/C=C\c1ccc(N(C)C)cc1C. The summed E-state index contributed by atoms with van der Waals surface area (Å²) in [5.74, 6) is 0. The first kappa shape index (κ1) is 9.85. The summed E-state index contributed by atoms with van der Waals surface area (Å²) in [7, 11) is 4.12. The average molecular weight is 175 g/mol. The van der Waals surface area contributed by atoms with E-state index in [9.17, 15) is 0 Å². The van der Waals surface area contributed by atoms with Crippen LogP contribution in [0.4, 0.5) is 5.69 Å². The van der Waals surface area contributed by atoms with E-state index < -0.39 is 0 Å². The first-order valence-electron chi connectivity index (χ1n) is 4.56. The van der Waals surface area contributed by atoms with Crippen LogP contribution >= 0.6 is 0 Å². The fourth-order valence-corrected chi connectivity index (χ4v) is 1.30. The molecule has 1 aromatic carbocycles. The van der Waals surface area contributed by atoms with E-state index >= 15 is 0 Å². The van der Waals surface area contributed by atoms with Crippen molar-refractivity contribution in [1.82, 2.24) is 0 Å². The molecule has 70 valence electrons. The zero-order valence-corrected chi connectivity index (χ0v) is 8.83. The fraction of sp³-hybridized carbons (Fsp3) is 0.333. The summed E-state index contributed by atoms with van der Waals surface area (Å²) < 4.78 is 0. The van der Waals surface area contributed by atoms with E-state index in [1.807, 2.05) is 6.92 Å². The number of hydrogen-bond acceptors (Lipinski definition) is 1. The maximum Gasteiger partial charge on any atom is 0.0364 e. The van der Waals surface area contributed by atoms with Crippen molar-refractivity contribution in [3.63, 3.8) is 0 Å². The molecule has 0 aromatic heterocycles. The van der Waals surface area contributed by atoms with Crippen LogP contribution in [0.25, 0.3) is 6.08 Å². The van der Waals surface area contributed by atoms with Crippen LogP contribution in [0.3, 0.4) is 0 Å². The molecule has 0 heterocycles. The molecule has 0 bridgehead atoms. The Hall–Kier alpha value is -1.24. The second kappa shape index (κ2) is 4.13. The molecule has 0 N–H and O–H groups in total. The maximum absolute atomic E-state index is 2.20. The number of allylic oxidation sites excluding steroid dienone is 1. The molecule has 0 amide bonds. The first-order valence-corrected chi connectivity index (χ1v) is 4.56. The lowest BCUT2D eigenvalue weighted by atomic mass is 10.1. The summed E-state index contributed by atoms with van der Waals surface area (Å²) in [5, 5.41) is 0. The van der Waals surface area contributed by atoms with Gasteiger partial charge in [0, 0.05) is 19.8 Å². The summed E-state index contributed by atoms with van der Waals surface area (Å²) in [5.41, 5.74) is 3.88. The van der Waals surface area contributed by atoms with Crippen molar-refractivity contribution in [2.45, 2.75) is 13.8 Å². The Bertz CT molecular complexity index is 311. The number of nitrogens with zero attached hydrogens (tertiary/aromatic N) is 1. The van der Waals surface area contributed by atoms with Crippen LogP contribution in [0.5, 0.6) is 0 Å². The van der Waals surface area contributed by atoms with Crippen molar-refractivity contribution in [1.29, 1.82) is 0 Å². The van der Waals surface area contributed by atoms with Crippen molar-refractivity contribution in [3.8, 4) is 0 Å². The smallest absolute Gasteiger partial charge is 0.0364 e. The summed E-state index contributed by atoms with van der Waals surface area (Å²) in [6.07, 6.45) is 4.20. The monoisotopic (exact) mass is 175 g/mol. The van der Waals surface area contributed by atoms with E-state index in [0.29, 0.717) is 0 Å². The van der Waals surface area contributed by atoms with Gasteiger partial charge in [-0.15, -0.1) is 0 Å². The van der Waals surface area contributed by atoms with Crippen molar-refractivity contribution >= 4 is 11.8 Å². The van der Waals surface area contributed by atoms with Crippen molar-refractivity contribution < 1.29 is 0 Å². The summed E-state index contributed by atoms with van der Waals surface area (Å²) in [4.78, 5) is 2.12. The highest BCUT2D eigenvalue weighted by molar-refractivity contribution is 5.59. The van der Waals surface area contributed by atoms with Crippen LogP contribution in [0.2, 0.25) is 0 Å². The van der Waals surface area contributed by atoms with Gasteiger partial charge in [0.1, 0.15) is 0 Å². The van der Waals surface area contributed by atoms with E-state index in [-0.39, 0.29) is 0 Å². The van der Waals surface area contributed by atoms with Gasteiger partial charge in [0.25, 0.3) is 0 Å². The molecule has 1 heteroatoms. The third kappa shape index (κ3) is 2.35. The molecular weight excluding hydrogens is 158 g/mol. The second-order valence-corrected chi connectivity index (χ2v) is 3.44. The fourth-order valence-electron chi connectivity index (χ4n) is 1.30. The Morgan fingerprint density at radius 1 is 1.23 bits per heavy atom. The van der Waals surface area contributed by atoms with Gasteiger partial charge < -0.3 is 4.90 Å². The number of aryl methyl sites for hydroxylation is 1. The summed E-state index contributed by atoms with van der Waals surface area (Å²) >= 11 is 0. The van der Waals surface area contributed by atoms with Gasteiger partial charge in [0.2, 0.25) is 0 Å². The van der Waals surface area contributed by atoms with Crippen LogP contribution in [-0.2, 0) is 0 Å². The molecule has 0 saturated heterocycles. The molecule has 1 aromatic rings. The Morgan fingerprint density at radius 2 is 1.92 bits per heavy atom. The third-order valence-electron chi connectivity index (χ3n) is 2.12. The molecule has 1 rings (SSSR count). The van der Waals surface area contributed by atoms with Gasteiger partial charge in [0.05, 0.1) is 0 Å². The first-order chi connectivity index (χ1) is 6.15. The highest BCUT2D eigenvalue weighted by Crippen LogP contribution is 2.18. The van der Waals surface area contributed by atoms with E-state index in [0.717, 1.165) is 0 Å². The Kier molecular flexibility index (Phi) is 3.13. The minimum atomic E-state index is 1.26. The summed E-state index contributed by atoms with van der Waals surface area (Å²) in [6.45, 7) is 4.18. The molecule has 0 aliphatic rings. The van der Waals surface area contributed by atoms with Crippen molar-refractivity contribution in [2.24, 2.45) is 0 Å². The lowest BCUT2D eigenvalue weighted by molar-refractivity contribution is 1.13. The minimum absolute atomic E-state index is 1.26. The quantitative estimate of drug-likeness (QED) is 0.667. The lowest BCUT2D eigenvalue weighted by Crippen LogP contribution is -2.08. The van der Waals surface area contributed by atoms with Gasteiger partial charge in [-0.3, -0.25) is 0 Å². The average Bonchev–Trinajstić information content (AvgIpc) is 2.08. The number of hydrogen-bond donors (Lipinski definition) is 0. The Labute approximate surface area is 80.7 Å². The lowest BCUT2D eigenvalue weighted by Gasteiger charge is -2.13. The van der Waals surface area contributed by atoms with Gasteiger partial charge in [-0.05, 0) is 37.1 Å². The van der Waals surface area contributed by atoms with Gasteiger partial charge in [-0.1, -0.05) is 18.2 Å². The van der Waals surface area contributed by atoms with Crippen LogP contribution in [0, 0.1) is 6.92 Å². The standard InChI is InChI=1S/C12H17N/c1-5-6-11-7-8-12(13(3)4)9-10(11)2/h5-9H,1-4H3/b6-5-. The predicted molar refractivity (Wildman–Crippen MR) is 60.2 cm³/mol. The van der Waals surface area contributed by atoms with E-state index in [4.69, 9.17) is 0 Å². The number of anilines is 1. The normalized spacial score (nSPS) is 10.8. The molecule has 0 aliphatic carbocycles. The van der Waals surface area contributed by atoms with Crippen LogP contribution in [0.15, 0.2) is 24.3 Å². The van der Waals surface area contributed by atoms with Gasteiger partial charge in [-0.25, -0.2) is 0 Å². The highest BCUT2D eigenvalue weighted by atomic mass is 15.1. The second-order valence-electron chi connectivity index (χ2n) is 3.44. The van der Waals surface area contributed by atoms with Gasteiger partial charge in [-0.2, -0.15) is 0 Å². The molecule has 1 nitrogen and oxygen atoms in total. The predicted octanol–water partition coefficient (Wildman–Crippen LogP) is 3.09. The topological polar surface area (TPSA) is 3.24 Å². The molecule has 0 saturated carbocycles. The van der Waals surface area contributed by atoms with E-state index in [2.05, 4.69) is 56.3 Å².